The van der Waals surface area contributed by atoms with E-state index in [4.69, 9.17) is 4.74 Å². The maximum atomic E-state index is 13.9. The van der Waals surface area contributed by atoms with Gasteiger partial charge in [-0.1, -0.05) is 41.7 Å². The van der Waals surface area contributed by atoms with E-state index in [2.05, 4.69) is 15.3 Å². The summed E-state index contributed by atoms with van der Waals surface area (Å²) in [5.41, 5.74) is -1.05. The van der Waals surface area contributed by atoms with Crippen LogP contribution in [-0.4, -0.2) is 46.7 Å². The zero-order chi connectivity index (χ0) is 24.8. The lowest BCUT2D eigenvalue weighted by Crippen LogP contribution is -2.43. The van der Waals surface area contributed by atoms with Crippen LogP contribution in [0.3, 0.4) is 0 Å². The van der Waals surface area contributed by atoms with Gasteiger partial charge in [-0.05, 0) is 31.2 Å². The number of thiazole rings is 1. The Hall–Kier alpha value is -2.99. The summed E-state index contributed by atoms with van der Waals surface area (Å²) in [5, 5.41) is 3.24. The van der Waals surface area contributed by atoms with Crippen LogP contribution < -0.4 is 15.8 Å². The van der Waals surface area contributed by atoms with Crippen molar-refractivity contribution < 1.29 is 22.7 Å². The second-order valence-electron chi connectivity index (χ2n) is 8.94. The van der Waals surface area contributed by atoms with Crippen LogP contribution in [0.5, 0.6) is 0 Å². The molecule has 2 aromatic heterocycles. The van der Waals surface area contributed by atoms with Crippen molar-refractivity contribution in [3.8, 4) is 0 Å². The Morgan fingerprint density at radius 2 is 2.00 bits per heavy atom. The number of benzene rings is 1. The van der Waals surface area contributed by atoms with Gasteiger partial charge in [0, 0.05) is 20.2 Å². The van der Waals surface area contributed by atoms with Gasteiger partial charge in [0.25, 0.3) is 5.56 Å². The minimum Gasteiger partial charge on any atom is -0.382 e. The number of nitrogens with zero attached hydrogens (tertiary/aromatic N) is 4. The molecule has 1 unspecified atom stereocenters. The highest BCUT2D eigenvalue weighted by molar-refractivity contribution is 7.21. The van der Waals surface area contributed by atoms with Crippen molar-refractivity contribution in [3.05, 3.63) is 52.1 Å². The van der Waals surface area contributed by atoms with E-state index in [0.717, 1.165) is 27.9 Å². The van der Waals surface area contributed by atoms with Crippen molar-refractivity contribution in [2.45, 2.75) is 50.0 Å². The Labute approximate surface area is 202 Å². The molecular weight excluding hydrogens is 483 g/mol. The number of nitrogens with one attached hydrogen (secondary N) is 1. The van der Waals surface area contributed by atoms with E-state index in [9.17, 15) is 22.8 Å². The molecule has 1 saturated carbocycles. The second-order valence-corrected chi connectivity index (χ2v) is 9.89. The lowest BCUT2D eigenvalue weighted by Gasteiger charge is -2.23. The van der Waals surface area contributed by atoms with Crippen molar-refractivity contribution in [1.82, 2.24) is 19.9 Å². The first kappa shape index (κ1) is 23.7. The molecule has 3 heterocycles. The highest BCUT2D eigenvalue weighted by atomic mass is 32.1. The molecule has 186 valence electrons. The molecule has 3 aromatic rings. The summed E-state index contributed by atoms with van der Waals surface area (Å²) < 4.78 is 47.6. The van der Waals surface area contributed by atoms with E-state index in [0.29, 0.717) is 37.5 Å². The number of aromatic nitrogens is 3. The molecule has 1 amide bonds. The van der Waals surface area contributed by atoms with Crippen LogP contribution in [0.1, 0.15) is 37.1 Å². The van der Waals surface area contributed by atoms with Gasteiger partial charge in [-0.3, -0.25) is 14.2 Å². The van der Waals surface area contributed by atoms with Crippen molar-refractivity contribution in [1.29, 1.82) is 0 Å². The van der Waals surface area contributed by atoms with Gasteiger partial charge in [0.1, 0.15) is 6.04 Å². The van der Waals surface area contributed by atoms with E-state index in [1.165, 1.54) is 7.11 Å². The van der Waals surface area contributed by atoms with Gasteiger partial charge < -0.3 is 15.0 Å². The Bertz CT molecular complexity index is 1300. The summed E-state index contributed by atoms with van der Waals surface area (Å²) in [7, 11) is 1.39. The molecule has 8 nitrogen and oxygen atoms in total. The molecular formula is C23H24F3N5O3S. The average Bonchev–Trinajstić information content (AvgIpc) is 3.23. The SMILES string of the molecule is COCC1(n2c(C(F)(F)F)nc3sc(N4CCCC4C(=O)NCc4ccccc4)nc3c2=O)CC1. The third-order valence-electron chi connectivity index (χ3n) is 6.50. The highest BCUT2D eigenvalue weighted by Crippen LogP contribution is 2.46. The molecule has 2 fully saturated rings. The Morgan fingerprint density at radius 1 is 1.26 bits per heavy atom. The van der Waals surface area contributed by atoms with Gasteiger partial charge in [-0.2, -0.15) is 13.2 Å². The third-order valence-corrected chi connectivity index (χ3v) is 7.49. The van der Waals surface area contributed by atoms with E-state index in [1.54, 1.807) is 4.90 Å². The van der Waals surface area contributed by atoms with Crippen LogP contribution >= 0.6 is 11.3 Å². The number of halogens is 3. The molecule has 1 aromatic carbocycles. The van der Waals surface area contributed by atoms with Crippen molar-refractivity contribution in [2.24, 2.45) is 0 Å². The fraction of sp³-hybridized carbons (Fsp3) is 0.478. The first-order valence-electron chi connectivity index (χ1n) is 11.3. The summed E-state index contributed by atoms with van der Waals surface area (Å²) in [6, 6.07) is 8.96. The van der Waals surface area contributed by atoms with Crippen molar-refractivity contribution in [3.63, 3.8) is 0 Å². The maximum absolute atomic E-state index is 13.9. The van der Waals surface area contributed by atoms with E-state index >= 15 is 0 Å². The number of fused-ring (bicyclic) bond motifs is 1. The topological polar surface area (TPSA) is 89.3 Å². The molecule has 1 atom stereocenters. The fourth-order valence-electron chi connectivity index (χ4n) is 4.63. The quantitative estimate of drug-likeness (QED) is 0.528. The number of amides is 1. The lowest BCUT2D eigenvalue weighted by atomic mass is 10.2. The zero-order valence-electron chi connectivity index (χ0n) is 19.0. The smallest absolute Gasteiger partial charge is 0.382 e. The number of methoxy groups -OCH3 is 1. The number of ether oxygens (including phenoxy) is 1. The molecule has 12 heteroatoms. The Kier molecular flexibility index (Phi) is 6.04. The molecule has 1 aliphatic heterocycles. The normalized spacial score (nSPS) is 19.3. The number of carbonyl (C=O) groups is 1. The molecule has 0 radical (unpaired) electrons. The second kappa shape index (κ2) is 8.90. The average molecular weight is 508 g/mol. The molecule has 0 spiro atoms. The molecule has 35 heavy (non-hydrogen) atoms. The largest absolute Gasteiger partial charge is 0.449 e. The molecule has 1 N–H and O–H groups in total. The summed E-state index contributed by atoms with van der Waals surface area (Å²) in [4.78, 5) is 36.1. The van der Waals surface area contributed by atoms with Crippen LogP contribution in [0, 0.1) is 0 Å². The fourth-order valence-corrected chi connectivity index (χ4v) is 5.64. The number of rotatable bonds is 7. The van der Waals surface area contributed by atoms with Crippen LogP contribution in [0.2, 0.25) is 0 Å². The molecule has 1 saturated heterocycles. The van der Waals surface area contributed by atoms with Gasteiger partial charge in [-0.15, -0.1) is 0 Å². The predicted molar refractivity (Wildman–Crippen MR) is 124 cm³/mol. The van der Waals surface area contributed by atoms with Crippen LogP contribution in [0.25, 0.3) is 10.3 Å². The lowest BCUT2D eigenvalue weighted by molar-refractivity contribution is -0.149. The first-order chi connectivity index (χ1) is 16.7. The van der Waals surface area contributed by atoms with Crippen molar-refractivity contribution in [2.75, 3.05) is 25.2 Å². The van der Waals surface area contributed by atoms with Crippen LogP contribution in [0.15, 0.2) is 35.1 Å². The standard InChI is InChI=1S/C23H24F3N5O3S/c1-34-13-22(9-10-22)31-19(33)16-18(29-20(31)23(24,25)26)35-21(28-16)30-11-5-8-15(30)17(32)27-12-14-6-3-2-4-7-14/h2-4,6-7,15H,5,8-13H2,1H3,(H,27,32). The monoisotopic (exact) mass is 507 g/mol. The number of carbonyl (C=O) groups excluding carboxylic acids is 1. The number of hydrogen-bond donors (Lipinski definition) is 1. The maximum Gasteiger partial charge on any atom is 0.449 e. The van der Waals surface area contributed by atoms with Gasteiger partial charge in [0.05, 0.1) is 12.1 Å². The van der Waals surface area contributed by atoms with Crippen LogP contribution in [-0.2, 0) is 27.8 Å². The van der Waals surface area contributed by atoms with Gasteiger partial charge >= 0.3 is 6.18 Å². The minimum atomic E-state index is -4.81. The zero-order valence-corrected chi connectivity index (χ0v) is 19.8. The summed E-state index contributed by atoms with van der Waals surface area (Å²) >= 11 is 0.907. The molecule has 0 bridgehead atoms. The van der Waals surface area contributed by atoms with E-state index in [1.807, 2.05) is 30.3 Å². The molecule has 1 aliphatic carbocycles. The predicted octanol–water partition coefficient (Wildman–Crippen LogP) is 3.29. The minimum absolute atomic E-state index is 0.0179. The number of alkyl halides is 3. The number of hydrogen-bond acceptors (Lipinski definition) is 7. The van der Waals surface area contributed by atoms with Gasteiger partial charge in [0.15, 0.2) is 15.5 Å². The van der Waals surface area contributed by atoms with Crippen LogP contribution in [0.4, 0.5) is 18.3 Å². The van der Waals surface area contributed by atoms with Crippen molar-refractivity contribution >= 4 is 32.7 Å². The molecule has 2 aliphatic rings. The summed E-state index contributed by atoms with van der Waals surface area (Å²) in [6.45, 7) is 0.861. The third kappa shape index (κ3) is 4.40. The summed E-state index contributed by atoms with van der Waals surface area (Å²) in [6.07, 6.45) is -2.72. The van der Waals surface area contributed by atoms with E-state index < -0.39 is 29.1 Å². The molecule has 5 rings (SSSR count). The highest BCUT2D eigenvalue weighted by Gasteiger charge is 2.51. The van der Waals surface area contributed by atoms with Gasteiger partial charge in [0.2, 0.25) is 11.7 Å². The van der Waals surface area contributed by atoms with Gasteiger partial charge in [-0.25, -0.2) is 9.97 Å². The van der Waals surface area contributed by atoms with E-state index in [-0.39, 0.29) is 22.9 Å². The number of anilines is 1. The summed E-state index contributed by atoms with van der Waals surface area (Å²) in [5.74, 6) is -1.43. The first-order valence-corrected chi connectivity index (χ1v) is 12.1. The Balaban J connectivity index is 1.47. The Morgan fingerprint density at radius 3 is 2.66 bits per heavy atom.